The van der Waals surface area contributed by atoms with Crippen LogP contribution < -0.4 is 59.2 Å². The average molecular weight is 1980 g/mol. The summed E-state index contributed by atoms with van der Waals surface area (Å²) in [5.74, 6) is -12.2. The van der Waals surface area contributed by atoms with Gasteiger partial charge in [0, 0.05) is 240 Å². The summed E-state index contributed by atoms with van der Waals surface area (Å²) in [6.07, 6.45) is 4.64. The van der Waals surface area contributed by atoms with Crippen molar-refractivity contribution in [2.75, 3.05) is 78.5 Å². The second-order valence-corrected chi connectivity index (χ2v) is 24.0. The topological polar surface area (TPSA) is 518 Å². The maximum absolute atomic E-state index is 13.2. The molecule has 0 bridgehead atoms. The number of phenols is 6. The first-order chi connectivity index (χ1) is 50.4. The first-order valence-corrected chi connectivity index (χ1v) is 33.3. The van der Waals surface area contributed by atoms with E-state index in [2.05, 4.69) is 42.5 Å². The van der Waals surface area contributed by atoms with Crippen molar-refractivity contribution in [3.8, 4) is 51.7 Å². The Kier molecular flexibility index (Phi) is 39.5. The zero-order valence-corrected chi connectivity index (χ0v) is 64.8. The molecule has 37 heteroatoms. The van der Waals surface area contributed by atoms with Gasteiger partial charge in [-0.1, -0.05) is 6.07 Å². The zero-order chi connectivity index (χ0) is 78.1. The Balaban J connectivity index is 0.00000162. The van der Waals surface area contributed by atoms with Crippen LogP contribution in [0.1, 0.15) is 155 Å². The molecule has 3 aromatic heterocycles. The third kappa shape index (κ3) is 26.3. The summed E-state index contributed by atoms with van der Waals surface area (Å²) < 4.78 is 3.37. The molecule has 0 saturated heterocycles. The number of benzene rings is 4. The fourth-order valence-corrected chi connectivity index (χ4v) is 10.4. The van der Waals surface area contributed by atoms with Crippen molar-refractivity contribution < 1.29 is 205 Å². The number of amides is 7. The Morgan fingerprint density at radius 2 is 0.606 bits per heavy atom. The zero-order valence-electron chi connectivity index (χ0n) is 59.4. The van der Waals surface area contributed by atoms with E-state index in [-0.39, 0.29) is 269 Å². The standard InChI is InChI=1S/C62H71N11O19.C10H13NO3.3Tm/c1-70-31-18-38(51(81)60(70)90)45(75)8-5-29-73(30-6-9-46(76)39-19-32-71(2)61(91)52(39)82)34-28-69-58(88)42-17-16-41(49(79)50(42)80)57(87)68-27-25-65-55(85)36-12-10-35(11-13-36)54(84)64-24-26-67-56(86)40-15-14-37(47(77)48(40)78)44(74)7-4-21-63-22-23-66-59(89)43-20-33-72(3)62(92)53(43)83;1-3-11-10(14)7-5-4-6(2)8(12)9(7)13;;;/h10-20,31-33,63,77-83H,4-9,21-30,34H2,1-3H3,(H,64,84)(H,65,85)(H,66,89)(H,67,86)(H,68,87)(H,69,88);4-5,12-13H,3H2,1-2H3,(H,11,14);;;. The molecular weight excluding hydrogens is 1890 g/mol. The molecular formula is C72H84N12O22Tm3. The maximum atomic E-state index is 13.2. The van der Waals surface area contributed by atoms with Gasteiger partial charge in [-0.3, -0.25) is 62.3 Å². The maximum Gasteiger partial charge on any atom is 0.293 e. The smallest absolute Gasteiger partial charge is 0.293 e. The average Bonchev–Trinajstić information content (AvgIpc) is 0.856. The molecule has 0 spiro atoms. The monoisotopic (exact) mass is 1980 g/mol. The second-order valence-electron chi connectivity index (χ2n) is 24.0. The number of nitrogens with one attached hydrogen (secondary N) is 8. The van der Waals surface area contributed by atoms with E-state index in [1.54, 1.807) is 19.9 Å². The van der Waals surface area contributed by atoms with E-state index in [1.165, 1.54) is 94.3 Å². The molecule has 109 heavy (non-hydrogen) atoms. The third-order valence-electron chi connectivity index (χ3n) is 16.5. The minimum atomic E-state index is -0.906. The van der Waals surface area contributed by atoms with Gasteiger partial charge in [0.15, 0.2) is 69.1 Å². The van der Waals surface area contributed by atoms with Crippen LogP contribution in [0.15, 0.2) is 112 Å². The number of aryl methyl sites for hydroxylation is 4. The molecule has 0 aliphatic heterocycles. The van der Waals surface area contributed by atoms with Crippen molar-refractivity contribution in [1.82, 2.24) is 61.1 Å². The Hall–Kier alpha value is -9.15. The molecule has 0 fully saturated rings. The molecule has 34 nitrogen and oxygen atoms in total. The van der Waals surface area contributed by atoms with Crippen molar-refractivity contribution in [2.24, 2.45) is 21.1 Å². The number of aromatic nitrogens is 3. The quantitative estimate of drug-likeness (QED) is 0.0152. The van der Waals surface area contributed by atoms with Crippen LogP contribution in [0, 0.1) is 118 Å². The number of hydrogen-bond donors (Lipinski definition) is 17. The molecule has 0 aliphatic carbocycles. The SMILES string of the molecule is CCNC(=O)c1ccc(C)c(O)c1O.Cn1ccc(C(=O)CCCN(CCCC(=O)c2ccn(C)c(=O)c2O)CCNC(=O)c2ccc(C(=O)NCCNC(=O)c3ccc(C(=O)NCCNC(=O)c4ccc(C(=O)CCCNCCNC(=O)c5ccn(C)c(=O)c5O)c(O)c4O)cc3)c(O)c2O)c(O)c1=O.[Tm].[Tm].[Tm]. The van der Waals surface area contributed by atoms with Gasteiger partial charge in [-0.2, -0.15) is 0 Å². The molecule has 0 atom stereocenters. The number of nitrogens with zero attached hydrogens (tertiary/aromatic N) is 4. The minimum Gasteiger partial charge on any atom is -0.504 e. The number of phenolic OH excluding ortho intramolecular Hbond substituents is 6. The molecule has 0 aliphatic rings. The van der Waals surface area contributed by atoms with Crippen molar-refractivity contribution in [3.05, 3.63) is 190 Å². The fraction of sp³-hybridized carbons (Fsp3) is 0.319. The van der Waals surface area contributed by atoms with Crippen LogP contribution in [0.25, 0.3) is 0 Å². The summed E-state index contributed by atoms with van der Waals surface area (Å²) in [5.41, 5.74) is -3.03. The van der Waals surface area contributed by atoms with Crippen molar-refractivity contribution in [3.63, 3.8) is 0 Å². The number of aromatic hydroxyl groups is 9. The molecule has 0 saturated carbocycles. The number of rotatable bonds is 35. The molecule has 3 heterocycles. The van der Waals surface area contributed by atoms with Gasteiger partial charge < -0.3 is 107 Å². The van der Waals surface area contributed by atoms with Gasteiger partial charge in [0.25, 0.3) is 58.0 Å². The van der Waals surface area contributed by atoms with Gasteiger partial charge in [-0.15, -0.1) is 0 Å². The summed E-state index contributed by atoms with van der Waals surface area (Å²) in [5, 5.41) is 113. The van der Waals surface area contributed by atoms with Gasteiger partial charge >= 0.3 is 0 Å². The van der Waals surface area contributed by atoms with E-state index in [4.69, 9.17) is 0 Å². The van der Waals surface area contributed by atoms with Crippen molar-refractivity contribution in [1.29, 1.82) is 0 Å². The molecule has 0 unspecified atom stereocenters. The van der Waals surface area contributed by atoms with Gasteiger partial charge in [-0.05, 0) is 131 Å². The van der Waals surface area contributed by atoms with Crippen LogP contribution >= 0.6 is 0 Å². The van der Waals surface area contributed by atoms with Gasteiger partial charge in [0.05, 0.1) is 44.5 Å². The van der Waals surface area contributed by atoms with Crippen molar-refractivity contribution in [2.45, 2.75) is 52.4 Å². The Bertz CT molecular complexity index is 4580. The second kappa shape index (κ2) is 45.7. The molecule has 7 amide bonds. The van der Waals surface area contributed by atoms with E-state index in [9.17, 15) is 108 Å². The van der Waals surface area contributed by atoms with E-state index in [0.717, 1.165) is 31.9 Å². The number of Topliss-reactive ketones (excluding diaryl/α,β-unsaturated/α-hetero) is 3. The van der Waals surface area contributed by atoms with E-state index in [1.807, 2.05) is 4.90 Å². The van der Waals surface area contributed by atoms with Crippen LogP contribution in [0.5, 0.6) is 51.7 Å². The minimum absolute atomic E-state index is 0. The van der Waals surface area contributed by atoms with Crippen LogP contribution in [-0.2, 0) is 21.1 Å². The summed E-state index contributed by atoms with van der Waals surface area (Å²) in [6, 6.07) is 17.1. The molecule has 7 rings (SSSR count). The van der Waals surface area contributed by atoms with E-state index in [0.29, 0.717) is 31.6 Å². The van der Waals surface area contributed by atoms with Crippen molar-refractivity contribution >= 4 is 58.7 Å². The number of pyridine rings is 3. The molecule has 4 aromatic carbocycles. The van der Waals surface area contributed by atoms with Crippen LogP contribution in [-0.4, -0.2) is 202 Å². The number of ketones is 3. The summed E-state index contributed by atoms with van der Waals surface area (Å²) in [6.45, 7) is 4.83. The van der Waals surface area contributed by atoms with E-state index < -0.39 is 115 Å². The molecule has 3 radical (unpaired) electrons. The van der Waals surface area contributed by atoms with Gasteiger partial charge in [-0.25, -0.2) is 0 Å². The van der Waals surface area contributed by atoms with Gasteiger partial charge in [0.2, 0.25) is 0 Å². The third-order valence-corrected chi connectivity index (χ3v) is 16.5. The predicted octanol–water partition coefficient (Wildman–Crippen LogP) is 1.54. The number of carbonyl (C=O) groups excluding carboxylic acids is 10. The summed E-state index contributed by atoms with van der Waals surface area (Å²) in [7, 11) is 4.27. The van der Waals surface area contributed by atoms with Gasteiger partial charge in [0.1, 0.15) is 0 Å². The Labute approximate surface area is 710 Å². The Morgan fingerprint density at radius 3 is 1.00 bits per heavy atom. The fourth-order valence-electron chi connectivity index (χ4n) is 10.4. The predicted molar refractivity (Wildman–Crippen MR) is 383 cm³/mol. The Morgan fingerprint density at radius 1 is 0.321 bits per heavy atom. The summed E-state index contributed by atoms with van der Waals surface area (Å²) >= 11 is 0. The van der Waals surface area contributed by atoms with Crippen LogP contribution in [0.2, 0.25) is 0 Å². The summed E-state index contributed by atoms with van der Waals surface area (Å²) in [4.78, 5) is 165. The normalized spacial score (nSPS) is 10.5. The van der Waals surface area contributed by atoms with Crippen LogP contribution in [0.4, 0.5) is 0 Å². The van der Waals surface area contributed by atoms with Crippen LogP contribution in [0.3, 0.4) is 0 Å². The largest absolute Gasteiger partial charge is 0.504 e. The molecule has 17 N–H and O–H groups in total. The number of carbonyl (C=O) groups is 10. The first-order valence-electron chi connectivity index (χ1n) is 33.3. The first kappa shape index (κ1) is 94.1. The van der Waals surface area contributed by atoms with E-state index >= 15 is 0 Å². The molecule has 7 aromatic rings. The number of hydrogen-bond acceptors (Lipinski definition) is 24. The molecule has 603 valence electrons.